The van der Waals surface area contributed by atoms with Crippen LogP contribution in [-0.2, 0) is 29.5 Å². The molecule has 0 radical (unpaired) electrons. The number of aryl methyl sites for hydroxylation is 2. The number of hydrogen-bond donors (Lipinski definition) is 4. The molecule has 4 rings (SSSR count). The van der Waals surface area contributed by atoms with E-state index in [-0.39, 0.29) is 17.5 Å². The second kappa shape index (κ2) is 8.86. The van der Waals surface area contributed by atoms with E-state index < -0.39 is 11.9 Å². The summed E-state index contributed by atoms with van der Waals surface area (Å²) in [6, 6.07) is 5.25. The third-order valence-electron chi connectivity index (χ3n) is 5.39. The highest BCUT2D eigenvalue weighted by Gasteiger charge is 2.32. The van der Waals surface area contributed by atoms with Gasteiger partial charge >= 0.3 is 11.9 Å². The quantitative estimate of drug-likeness (QED) is 0.470. The molecule has 162 valence electrons. The highest BCUT2D eigenvalue weighted by Crippen LogP contribution is 2.36. The number of nitrogens with one attached hydrogen (secondary N) is 1. The number of aromatic amines is 1. The molecule has 4 N–H and O–H groups in total. The first kappa shape index (κ1) is 21.8. The molecular formula is C22H23N3O6. The second-order valence-corrected chi connectivity index (χ2v) is 7.37. The smallest absolute Gasteiger partial charge is 0.328 e. The SMILES string of the molecule is Cc1[nH]cnc1CC1CCc2c(c3cc(O)ccc3n2C)C1=O.O=C(O)/C=C\C(=O)O. The van der Waals surface area contributed by atoms with Gasteiger partial charge in [-0.05, 0) is 38.0 Å². The van der Waals surface area contributed by atoms with Crippen molar-refractivity contribution in [3.63, 3.8) is 0 Å². The zero-order valence-electron chi connectivity index (χ0n) is 17.1. The third-order valence-corrected chi connectivity index (χ3v) is 5.39. The number of aromatic nitrogens is 3. The molecule has 1 aliphatic carbocycles. The largest absolute Gasteiger partial charge is 0.508 e. The molecule has 0 spiro atoms. The molecule has 1 aliphatic rings. The fourth-order valence-electron chi connectivity index (χ4n) is 3.86. The molecule has 3 aromatic rings. The second-order valence-electron chi connectivity index (χ2n) is 7.37. The van der Waals surface area contributed by atoms with Crippen LogP contribution in [0.15, 0.2) is 36.7 Å². The Hall–Kier alpha value is -3.88. The number of rotatable bonds is 4. The van der Waals surface area contributed by atoms with Crippen molar-refractivity contribution in [1.82, 2.24) is 14.5 Å². The van der Waals surface area contributed by atoms with Gasteiger partial charge in [0.05, 0.1) is 12.0 Å². The lowest BCUT2D eigenvalue weighted by Gasteiger charge is -2.21. The van der Waals surface area contributed by atoms with Crippen molar-refractivity contribution in [3.8, 4) is 5.75 Å². The molecular weight excluding hydrogens is 402 g/mol. The molecule has 2 aromatic heterocycles. The minimum atomic E-state index is -1.26. The van der Waals surface area contributed by atoms with E-state index in [1.165, 1.54) is 0 Å². The summed E-state index contributed by atoms with van der Waals surface area (Å²) < 4.78 is 2.08. The molecule has 0 bridgehead atoms. The first-order valence-corrected chi connectivity index (χ1v) is 9.66. The number of carboxylic acid groups (broad SMARTS) is 2. The molecule has 31 heavy (non-hydrogen) atoms. The molecule has 0 amide bonds. The topological polar surface area (TPSA) is 146 Å². The van der Waals surface area contributed by atoms with Gasteiger partial charge in [0.15, 0.2) is 5.78 Å². The van der Waals surface area contributed by atoms with E-state index in [9.17, 15) is 19.5 Å². The lowest BCUT2D eigenvalue weighted by molar-refractivity contribution is -0.134. The fourth-order valence-corrected chi connectivity index (χ4v) is 3.86. The molecule has 9 heteroatoms. The van der Waals surface area contributed by atoms with Gasteiger partial charge in [-0.1, -0.05) is 0 Å². The molecule has 0 saturated carbocycles. The van der Waals surface area contributed by atoms with E-state index in [4.69, 9.17) is 10.2 Å². The number of H-pyrrole nitrogens is 1. The number of hydrogen-bond acceptors (Lipinski definition) is 5. The molecule has 2 heterocycles. The van der Waals surface area contributed by atoms with Crippen LogP contribution in [0.5, 0.6) is 5.75 Å². The lowest BCUT2D eigenvalue weighted by atomic mass is 9.82. The molecule has 0 saturated heterocycles. The number of carbonyl (C=O) groups is 3. The highest BCUT2D eigenvalue weighted by atomic mass is 16.4. The van der Waals surface area contributed by atoms with Crippen LogP contribution in [0.3, 0.4) is 0 Å². The highest BCUT2D eigenvalue weighted by molar-refractivity contribution is 6.11. The van der Waals surface area contributed by atoms with E-state index in [0.717, 1.165) is 46.4 Å². The molecule has 1 atom stereocenters. The first-order chi connectivity index (χ1) is 14.7. The normalized spacial score (nSPS) is 15.5. The molecule has 9 nitrogen and oxygen atoms in total. The van der Waals surface area contributed by atoms with E-state index in [0.29, 0.717) is 18.6 Å². The van der Waals surface area contributed by atoms with Crippen LogP contribution in [0.4, 0.5) is 0 Å². The van der Waals surface area contributed by atoms with Crippen molar-refractivity contribution in [2.75, 3.05) is 0 Å². The van der Waals surface area contributed by atoms with Gasteiger partial charge < -0.3 is 24.9 Å². The Morgan fingerprint density at radius 2 is 1.94 bits per heavy atom. The number of carboxylic acids is 2. The Morgan fingerprint density at radius 1 is 1.26 bits per heavy atom. The molecule has 0 fully saturated rings. The summed E-state index contributed by atoms with van der Waals surface area (Å²) in [6.07, 6.45) is 5.18. The predicted molar refractivity (Wildman–Crippen MR) is 112 cm³/mol. The summed E-state index contributed by atoms with van der Waals surface area (Å²) in [5.41, 5.74) is 4.85. The average molecular weight is 425 g/mol. The predicted octanol–water partition coefficient (Wildman–Crippen LogP) is 2.62. The van der Waals surface area contributed by atoms with Gasteiger partial charge in [0.1, 0.15) is 5.75 Å². The minimum Gasteiger partial charge on any atom is -0.508 e. The number of phenolic OH excluding ortho intramolecular Hbond substituents is 1. The van der Waals surface area contributed by atoms with Crippen LogP contribution in [0.1, 0.15) is 33.9 Å². The number of Topliss-reactive ketones (excluding diaryl/α,β-unsaturated/α-hetero) is 1. The summed E-state index contributed by atoms with van der Waals surface area (Å²) in [7, 11) is 1.99. The monoisotopic (exact) mass is 425 g/mol. The Bertz CT molecular complexity index is 1170. The Kier molecular flexibility index (Phi) is 6.24. The number of nitrogens with zero attached hydrogens (tertiary/aromatic N) is 2. The van der Waals surface area contributed by atoms with Gasteiger partial charge in [-0.3, -0.25) is 4.79 Å². The van der Waals surface area contributed by atoms with Crippen molar-refractivity contribution < 1.29 is 29.7 Å². The minimum absolute atomic E-state index is 0.0440. The van der Waals surface area contributed by atoms with E-state index >= 15 is 0 Å². The van der Waals surface area contributed by atoms with Crippen molar-refractivity contribution in [2.24, 2.45) is 13.0 Å². The van der Waals surface area contributed by atoms with Crippen LogP contribution in [0.25, 0.3) is 10.9 Å². The number of carbonyl (C=O) groups excluding carboxylic acids is 1. The number of imidazole rings is 1. The lowest BCUT2D eigenvalue weighted by Crippen LogP contribution is -2.25. The Labute approximate surface area is 177 Å². The maximum atomic E-state index is 13.1. The molecule has 1 unspecified atom stereocenters. The van der Waals surface area contributed by atoms with Crippen molar-refractivity contribution in [2.45, 2.75) is 26.2 Å². The fraction of sp³-hybridized carbons (Fsp3) is 0.273. The van der Waals surface area contributed by atoms with Crippen molar-refractivity contribution in [1.29, 1.82) is 0 Å². The summed E-state index contributed by atoms with van der Waals surface area (Å²) in [5, 5.41) is 26.3. The standard InChI is InChI=1S/C18H19N3O2.C4H4O4/c1-10-14(20-9-19-10)7-11-3-5-16-17(18(11)23)13-8-12(22)4-6-15(13)21(16)2;5-3(6)1-2-4(7)8/h4,6,8-9,11,22H,3,5,7H2,1-2H3,(H,19,20);1-2H,(H,5,6)(H,7,8)/b;2-1-. The maximum Gasteiger partial charge on any atom is 0.328 e. The van der Waals surface area contributed by atoms with Gasteiger partial charge in [-0.15, -0.1) is 0 Å². The number of phenols is 1. The number of aliphatic carboxylic acids is 2. The van der Waals surface area contributed by atoms with Crippen LogP contribution >= 0.6 is 0 Å². The zero-order chi connectivity index (χ0) is 22.7. The van der Waals surface area contributed by atoms with Crippen LogP contribution in [0.2, 0.25) is 0 Å². The van der Waals surface area contributed by atoms with E-state index in [1.807, 2.05) is 20.0 Å². The van der Waals surface area contributed by atoms with Crippen molar-refractivity contribution >= 4 is 28.6 Å². The van der Waals surface area contributed by atoms with Gasteiger partial charge in [0, 0.05) is 59.4 Å². The van der Waals surface area contributed by atoms with Crippen LogP contribution in [0, 0.1) is 12.8 Å². The van der Waals surface area contributed by atoms with Crippen LogP contribution < -0.4 is 0 Å². The summed E-state index contributed by atoms with van der Waals surface area (Å²) >= 11 is 0. The van der Waals surface area contributed by atoms with Crippen molar-refractivity contribution in [3.05, 3.63) is 59.3 Å². The van der Waals surface area contributed by atoms with E-state index in [2.05, 4.69) is 14.5 Å². The van der Waals surface area contributed by atoms with E-state index in [1.54, 1.807) is 18.5 Å². The maximum absolute atomic E-state index is 13.1. The average Bonchev–Trinajstić information content (AvgIpc) is 3.24. The molecule has 1 aromatic carbocycles. The molecule has 0 aliphatic heterocycles. The third kappa shape index (κ3) is 4.66. The van der Waals surface area contributed by atoms with Gasteiger partial charge in [0.25, 0.3) is 0 Å². The van der Waals surface area contributed by atoms with Gasteiger partial charge in [-0.25, -0.2) is 14.6 Å². The summed E-state index contributed by atoms with van der Waals surface area (Å²) in [6.45, 7) is 1.98. The number of ketones is 1. The van der Waals surface area contributed by atoms with Crippen LogP contribution in [-0.4, -0.2) is 47.6 Å². The van der Waals surface area contributed by atoms with Gasteiger partial charge in [-0.2, -0.15) is 0 Å². The first-order valence-electron chi connectivity index (χ1n) is 9.66. The number of benzene rings is 1. The zero-order valence-corrected chi connectivity index (χ0v) is 17.1. The Balaban J connectivity index is 0.000000293. The summed E-state index contributed by atoms with van der Waals surface area (Å²) in [4.78, 5) is 39.6. The van der Waals surface area contributed by atoms with Gasteiger partial charge in [0.2, 0.25) is 0 Å². The number of fused-ring (bicyclic) bond motifs is 3. The Morgan fingerprint density at radius 3 is 2.52 bits per heavy atom. The number of aromatic hydroxyl groups is 1. The summed E-state index contributed by atoms with van der Waals surface area (Å²) in [5.74, 6) is -2.19.